The molecule has 1 heterocycles. The fourth-order valence-corrected chi connectivity index (χ4v) is 3.38. The monoisotopic (exact) mass is 363 g/mol. The third kappa shape index (κ3) is 4.07. The summed E-state index contributed by atoms with van der Waals surface area (Å²) < 4.78 is 63.3. The van der Waals surface area contributed by atoms with Gasteiger partial charge in [0.25, 0.3) is 0 Å². The SMILES string of the molecule is CC(N[S+]([O-])C(C)(C)C)c1cccc(C(F)(F)[C@@H]2CCCO2)c1F. The highest BCUT2D eigenvalue weighted by atomic mass is 32.2. The highest BCUT2D eigenvalue weighted by molar-refractivity contribution is 7.90. The van der Waals surface area contributed by atoms with Crippen LogP contribution in [0, 0.1) is 5.82 Å². The van der Waals surface area contributed by atoms with Gasteiger partial charge in [0.1, 0.15) is 16.7 Å². The topological polar surface area (TPSA) is 44.3 Å². The van der Waals surface area contributed by atoms with Crippen LogP contribution in [0.5, 0.6) is 0 Å². The second-order valence-electron chi connectivity index (χ2n) is 7.05. The minimum atomic E-state index is -3.39. The molecule has 0 spiro atoms. The Kier molecular flexibility index (Phi) is 5.90. The van der Waals surface area contributed by atoms with Crippen molar-refractivity contribution in [1.29, 1.82) is 0 Å². The zero-order valence-corrected chi connectivity index (χ0v) is 15.2. The van der Waals surface area contributed by atoms with E-state index in [4.69, 9.17) is 4.74 Å². The van der Waals surface area contributed by atoms with Crippen LogP contribution in [0.25, 0.3) is 0 Å². The van der Waals surface area contributed by atoms with E-state index in [0.29, 0.717) is 6.42 Å². The number of ether oxygens (including phenoxy) is 1. The molecule has 24 heavy (non-hydrogen) atoms. The molecule has 1 aliphatic heterocycles. The fraction of sp³-hybridized carbons (Fsp3) is 0.647. The molecule has 2 rings (SSSR count). The van der Waals surface area contributed by atoms with Crippen molar-refractivity contribution in [3.8, 4) is 0 Å². The molecule has 0 saturated carbocycles. The predicted octanol–water partition coefficient (Wildman–Crippen LogP) is 4.21. The number of hydrogen-bond acceptors (Lipinski definition) is 3. The van der Waals surface area contributed by atoms with Gasteiger partial charge in [0, 0.05) is 23.5 Å². The van der Waals surface area contributed by atoms with E-state index in [0.717, 1.165) is 6.07 Å². The van der Waals surface area contributed by atoms with E-state index in [1.807, 2.05) is 0 Å². The Morgan fingerprint density at radius 2 is 2.00 bits per heavy atom. The number of benzene rings is 1. The maximum Gasteiger partial charge on any atom is 0.301 e. The van der Waals surface area contributed by atoms with Gasteiger partial charge >= 0.3 is 5.92 Å². The number of nitrogens with one attached hydrogen (secondary N) is 1. The van der Waals surface area contributed by atoms with Crippen molar-refractivity contribution < 1.29 is 22.5 Å². The average Bonchev–Trinajstić information content (AvgIpc) is 3.01. The molecule has 1 saturated heterocycles. The Balaban J connectivity index is 2.27. The molecule has 7 heteroatoms. The molecular formula is C17H24F3NO2S. The number of rotatable bonds is 5. The maximum absolute atomic E-state index is 14.7. The van der Waals surface area contributed by atoms with Crippen LogP contribution in [0.15, 0.2) is 18.2 Å². The molecule has 1 aliphatic rings. The standard InChI is InChI=1S/C17H24F3NO2S/c1-11(21-24(22)16(2,3)4)12-7-5-8-13(15(12)18)17(19,20)14-9-6-10-23-14/h5,7-8,11,14,21H,6,9-10H2,1-4H3/t11?,14-,24?/m0/s1. The number of halogens is 3. The van der Waals surface area contributed by atoms with E-state index in [2.05, 4.69) is 4.72 Å². The van der Waals surface area contributed by atoms with Crippen molar-refractivity contribution in [3.05, 3.63) is 35.1 Å². The van der Waals surface area contributed by atoms with Crippen molar-refractivity contribution in [2.24, 2.45) is 0 Å². The molecule has 0 aromatic heterocycles. The minimum Gasteiger partial charge on any atom is -0.598 e. The summed E-state index contributed by atoms with van der Waals surface area (Å²) in [6, 6.07) is 3.26. The van der Waals surface area contributed by atoms with Crippen molar-refractivity contribution in [3.63, 3.8) is 0 Å². The second-order valence-corrected chi connectivity index (χ2v) is 9.05. The maximum atomic E-state index is 14.7. The van der Waals surface area contributed by atoms with Gasteiger partial charge in [-0.3, -0.25) is 0 Å². The second kappa shape index (κ2) is 7.23. The summed E-state index contributed by atoms with van der Waals surface area (Å²) in [6.07, 6.45) is -0.544. The first-order valence-electron chi connectivity index (χ1n) is 8.01. The van der Waals surface area contributed by atoms with Crippen molar-refractivity contribution >= 4 is 11.4 Å². The normalized spacial score (nSPS) is 21.8. The van der Waals surface area contributed by atoms with E-state index in [-0.39, 0.29) is 18.6 Å². The Bertz CT molecular complexity index is 571. The van der Waals surface area contributed by atoms with E-state index < -0.39 is 45.6 Å². The number of alkyl halides is 2. The van der Waals surface area contributed by atoms with Crippen molar-refractivity contribution in [2.75, 3.05) is 6.61 Å². The van der Waals surface area contributed by atoms with Gasteiger partial charge in [0.05, 0.1) is 11.6 Å². The molecule has 0 radical (unpaired) electrons. The van der Waals surface area contributed by atoms with E-state index >= 15 is 0 Å². The lowest BCUT2D eigenvalue weighted by Gasteiger charge is -2.28. The van der Waals surface area contributed by atoms with E-state index in [1.54, 1.807) is 27.7 Å². The fourth-order valence-electron chi connectivity index (χ4n) is 2.58. The van der Waals surface area contributed by atoms with Gasteiger partial charge in [-0.2, -0.15) is 8.78 Å². The van der Waals surface area contributed by atoms with Crippen LogP contribution in [0.2, 0.25) is 0 Å². The van der Waals surface area contributed by atoms with Crippen molar-refractivity contribution in [2.45, 2.75) is 63.4 Å². The summed E-state index contributed by atoms with van der Waals surface area (Å²) in [4.78, 5) is 0. The summed E-state index contributed by atoms with van der Waals surface area (Å²) in [5.41, 5.74) is -0.593. The summed E-state index contributed by atoms with van der Waals surface area (Å²) in [5, 5.41) is 0. The molecule has 0 aliphatic carbocycles. The zero-order chi connectivity index (χ0) is 18.1. The first-order valence-corrected chi connectivity index (χ1v) is 9.16. The van der Waals surface area contributed by atoms with Crippen molar-refractivity contribution in [1.82, 2.24) is 4.72 Å². The molecule has 1 aromatic rings. The van der Waals surface area contributed by atoms with Crippen LogP contribution in [0.4, 0.5) is 13.2 Å². The molecule has 136 valence electrons. The smallest absolute Gasteiger partial charge is 0.301 e. The van der Waals surface area contributed by atoms with Crippen LogP contribution in [-0.4, -0.2) is 22.0 Å². The minimum absolute atomic E-state index is 0.0720. The summed E-state index contributed by atoms with van der Waals surface area (Å²) in [7, 11) is 0. The molecule has 3 nitrogen and oxygen atoms in total. The lowest BCUT2D eigenvalue weighted by Crippen LogP contribution is -2.41. The van der Waals surface area contributed by atoms with Crippen LogP contribution in [0.3, 0.4) is 0 Å². The molecule has 1 N–H and O–H groups in total. The first-order chi connectivity index (χ1) is 11.0. The Hall–Kier alpha value is -0.760. The van der Waals surface area contributed by atoms with E-state index in [9.17, 15) is 17.7 Å². The predicted molar refractivity (Wildman–Crippen MR) is 88.7 cm³/mol. The largest absolute Gasteiger partial charge is 0.598 e. The highest BCUT2D eigenvalue weighted by Gasteiger charge is 2.46. The lowest BCUT2D eigenvalue weighted by atomic mass is 9.96. The summed E-state index contributed by atoms with van der Waals surface area (Å²) in [6.45, 7) is 7.21. The van der Waals surface area contributed by atoms with Gasteiger partial charge in [-0.1, -0.05) is 12.1 Å². The Labute approximate surface area is 144 Å². The highest BCUT2D eigenvalue weighted by Crippen LogP contribution is 2.40. The van der Waals surface area contributed by atoms with Gasteiger partial charge in [0.2, 0.25) is 0 Å². The molecule has 0 amide bonds. The molecule has 0 bridgehead atoms. The van der Waals surface area contributed by atoms with Crippen LogP contribution in [0.1, 0.15) is 57.7 Å². The van der Waals surface area contributed by atoms with E-state index in [1.165, 1.54) is 12.1 Å². The van der Waals surface area contributed by atoms with Crippen LogP contribution < -0.4 is 4.72 Å². The molecule has 2 unspecified atom stereocenters. The lowest BCUT2D eigenvalue weighted by molar-refractivity contribution is -0.124. The van der Waals surface area contributed by atoms with Crippen LogP contribution in [-0.2, 0) is 22.0 Å². The molecule has 1 aromatic carbocycles. The average molecular weight is 363 g/mol. The van der Waals surface area contributed by atoms with Gasteiger partial charge in [-0.25, -0.2) is 4.39 Å². The third-order valence-electron chi connectivity index (χ3n) is 4.03. The van der Waals surface area contributed by atoms with Gasteiger partial charge in [-0.05, 0) is 46.6 Å². The number of hydrogen-bond donors (Lipinski definition) is 1. The summed E-state index contributed by atoms with van der Waals surface area (Å²) in [5.74, 6) is -4.36. The molecule has 3 atom stereocenters. The first kappa shape index (κ1) is 19.6. The molecular weight excluding hydrogens is 339 g/mol. The molecule has 1 fully saturated rings. The van der Waals surface area contributed by atoms with Gasteiger partial charge in [-0.15, -0.1) is 4.72 Å². The van der Waals surface area contributed by atoms with Gasteiger partial charge < -0.3 is 9.29 Å². The Morgan fingerprint density at radius 1 is 1.33 bits per heavy atom. The summed E-state index contributed by atoms with van der Waals surface area (Å²) >= 11 is -1.43. The zero-order valence-electron chi connectivity index (χ0n) is 14.4. The van der Waals surface area contributed by atoms with Crippen LogP contribution >= 0.6 is 0 Å². The Morgan fingerprint density at radius 3 is 2.54 bits per heavy atom. The quantitative estimate of drug-likeness (QED) is 0.797. The third-order valence-corrected chi connectivity index (χ3v) is 5.71. The van der Waals surface area contributed by atoms with Gasteiger partial charge in [0.15, 0.2) is 0 Å².